The predicted octanol–water partition coefficient (Wildman–Crippen LogP) is 3.21. The van der Waals surface area contributed by atoms with E-state index in [2.05, 4.69) is 25.4 Å². The van der Waals surface area contributed by atoms with Crippen molar-refractivity contribution in [1.82, 2.24) is 30.1 Å². The predicted molar refractivity (Wildman–Crippen MR) is 124 cm³/mol. The first-order chi connectivity index (χ1) is 16.2. The lowest BCUT2D eigenvalue weighted by Crippen LogP contribution is -2.34. The molecule has 1 aromatic carbocycles. The fourth-order valence-electron chi connectivity index (χ4n) is 5.05. The summed E-state index contributed by atoms with van der Waals surface area (Å²) >= 11 is 0. The molecule has 2 fully saturated rings. The molecule has 1 atom stereocenters. The van der Waals surface area contributed by atoms with Crippen LogP contribution in [0, 0.1) is 0 Å². The van der Waals surface area contributed by atoms with E-state index in [1.165, 1.54) is 12.8 Å². The average Bonchev–Trinajstić information content (AvgIpc) is 3.58. The summed E-state index contributed by atoms with van der Waals surface area (Å²) in [7, 11) is 0. The Hall–Kier alpha value is -2.78. The smallest absolute Gasteiger partial charge is 0.252 e. The molecule has 3 aromatic rings. The van der Waals surface area contributed by atoms with Gasteiger partial charge in [0.15, 0.2) is 5.82 Å². The number of H-pyrrole nitrogens is 1. The second kappa shape index (κ2) is 10.0. The molecule has 1 aliphatic carbocycles. The molecule has 2 aliphatic rings. The number of tetrazole rings is 1. The number of nitrogens with one attached hydrogen (secondary N) is 1. The van der Waals surface area contributed by atoms with Gasteiger partial charge in [0.25, 0.3) is 5.56 Å². The molecule has 2 aromatic heterocycles. The van der Waals surface area contributed by atoms with Gasteiger partial charge in [0.1, 0.15) is 5.75 Å². The largest absolute Gasteiger partial charge is 0.494 e. The van der Waals surface area contributed by atoms with Gasteiger partial charge in [-0.05, 0) is 67.3 Å². The number of benzene rings is 1. The van der Waals surface area contributed by atoms with Crippen LogP contribution in [-0.2, 0) is 17.8 Å². The Balaban J connectivity index is 1.41. The van der Waals surface area contributed by atoms with E-state index in [1.54, 1.807) is 0 Å². The maximum Gasteiger partial charge on any atom is 0.252 e. The van der Waals surface area contributed by atoms with Crippen molar-refractivity contribution < 1.29 is 9.47 Å². The van der Waals surface area contributed by atoms with Crippen molar-refractivity contribution in [3.05, 3.63) is 46.0 Å². The molecule has 1 N–H and O–H groups in total. The lowest BCUT2D eigenvalue weighted by molar-refractivity contribution is 0.0661. The first-order valence-electron chi connectivity index (χ1n) is 12.1. The van der Waals surface area contributed by atoms with Crippen molar-refractivity contribution in [2.75, 3.05) is 19.8 Å². The number of fused-ring (bicyclic) bond motifs is 1. The molecule has 0 bridgehead atoms. The van der Waals surface area contributed by atoms with Crippen molar-refractivity contribution in [3.8, 4) is 5.75 Å². The molecule has 9 heteroatoms. The van der Waals surface area contributed by atoms with E-state index in [4.69, 9.17) is 9.47 Å². The summed E-state index contributed by atoms with van der Waals surface area (Å²) in [5.41, 5.74) is 1.46. The molecule has 0 radical (unpaired) electrons. The third kappa shape index (κ3) is 5.09. The van der Waals surface area contributed by atoms with Crippen LogP contribution in [0.5, 0.6) is 5.75 Å². The van der Waals surface area contributed by atoms with Crippen molar-refractivity contribution in [1.29, 1.82) is 0 Å². The Bertz CT molecular complexity index is 1130. The normalized spacial score (nSPS) is 19.2. The third-order valence-corrected chi connectivity index (χ3v) is 6.68. The molecule has 5 rings (SSSR count). The molecule has 1 unspecified atom stereocenters. The molecule has 0 amide bonds. The number of rotatable bonds is 9. The maximum absolute atomic E-state index is 12.9. The van der Waals surface area contributed by atoms with Crippen molar-refractivity contribution in [2.24, 2.45) is 0 Å². The minimum absolute atomic E-state index is 0.0700. The quantitative estimate of drug-likeness (QED) is 0.532. The Morgan fingerprint density at radius 2 is 2.06 bits per heavy atom. The highest BCUT2D eigenvalue weighted by atomic mass is 16.5. The fraction of sp³-hybridized carbons (Fsp3) is 0.583. The summed E-state index contributed by atoms with van der Waals surface area (Å²) in [6.45, 7) is 5.20. The van der Waals surface area contributed by atoms with Gasteiger partial charge in [-0.1, -0.05) is 12.8 Å². The van der Waals surface area contributed by atoms with Crippen LogP contribution in [0.25, 0.3) is 10.9 Å². The molecular weight excluding hydrogens is 420 g/mol. The van der Waals surface area contributed by atoms with Crippen molar-refractivity contribution in [3.63, 3.8) is 0 Å². The zero-order valence-electron chi connectivity index (χ0n) is 19.2. The van der Waals surface area contributed by atoms with Gasteiger partial charge in [0.2, 0.25) is 0 Å². The SMILES string of the molecule is CCOc1ccc2[nH]c(=O)c(CN(Cc3nnnn3C3CCCC3)CC3CCCO3)cc2c1. The van der Waals surface area contributed by atoms with E-state index in [0.29, 0.717) is 31.3 Å². The number of hydrogen-bond acceptors (Lipinski definition) is 7. The summed E-state index contributed by atoms with van der Waals surface area (Å²) in [4.78, 5) is 18.2. The van der Waals surface area contributed by atoms with Gasteiger partial charge in [-0.15, -0.1) is 5.10 Å². The van der Waals surface area contributed by atoms with Gasteiger partial charge in [0.05, 0.1) is 25.3 Å². The van der Waals surface area contributed by atoms with Crippen molar-refractivity contribution in [2.45, 2.75) is 70.7 Å². The molecule has 33 heavy (non-hydrogen) atoms. The van der Waals surface area contributed by atoms with Gasteiger partial charge in [0, 0.05) is 36.2 Å². The van der Waals surface area contributed by atoms with E-state index < -0.39 is 0 Å². The van der Waals surface area contributed by atoms with Gasteiger partial charge >= 0.3 is 0 Å². The molecular formula is C24H32N6O3. The summed E-state index contributed by atoms with van der Waals surface area (Å²) < 4.78 is 13.5. The molecule has 0 spiro atoms. The molecule has 1 aliphatic heterocycles. The molecule has 1 saturated heterocycles. The number of pyridine rings is 1. The minimum Gasteiger partial charge on any atom is -0.494 e. The second-order valence-corrected chi connectivity index (χ2v) is 9.09. The molecule has 176 valence electrons. The topological polar surface area (TPSA) is 98.2 Å². The second-order valence-electron chi connectivity index (χ2n) is 9.09. The number of aromatic nitrogens is 5. The van der Waals surface area contributed by atoms with Gasteiger partial charge in [-0.3, -0.25) is 9.69 Å². The highest BCUT2D eigenvalue weighted by molar-refractivity contribution is 5.80. The van der Waals surface area contributed by atoms with Crippen molar-refractivity contribution >= 4 is 10.9 Å². The first kappa shape index (κ1) is 22.0. The summed E-state index contributed by atoms with van der Waals surface area (Å²) in [6.07, 6.45) is 6.97. The van der Waals surface area contributed by atoms with Crippen LogP contribution in [0.2, 0.25) is 0 Å². The average molecular weight is 453 g/mol. The van der Waals surface area contributed by atoms with Gasteiger partial charge in [-0.2, -0.15) is 0 Å². The number of nitrogens with zero attached hydrogens (tertiary/aromatic N) is 5. The lowest BCUT2D eigenvalue weighted by atomic mass is 10.1. The zero-order valence-corrected chi connectivity index (χ0v) is 19.2. The number of hydrogen-bond donors (Lipinski definition) is 1. The van der Waals surface area contributed by atoms with Crippen LogP contribution in [0.4, 0.5) is 0 Å². The minimum atomic E-state index is -0.0700. The van der Waals surface area contributed by atoms with E-state index in [0.717, 1.165) is 61.3 Å². The molecule has 9 nitrogen and oxygen atoms in total. The van der Waals surface area contributed by atoms with Crippen LogP contribution >= 0.6 is 0 Å². The summed E-state index contributed by atoms with van der Waals surface area (Å²) in [6, 6.07) is 8.10. The standard InChI is InChI=1S/C24H32N6O3/c1-2-32-20-9-10-22-17(13-20)12-18(24(31)25-22)14-29(15-21-8-5-11-33-21)16-23-26-27-28-30(23)19-6-3-4-7-19/h9-10,12-13,19,21H,2-8,11,14-16H2,1H3,(H,25,31). The highest BCUT2D eigenvalue weighted by Crippen LogP contribution is 2.29. The van der Waals surface area contributed by atoms with Crippen LogP contribution in [0.15, 0.2) is 29.1 Å². The summed E-state index contributed by atoms with van der Waals surface area (Å²) in [5, 5.41) is 13.6. The van der Waals surface area contributed by atoms with E-state index in [-0.39, 0.29) is 11.7 Å². The Labute approximate surface area is 193 Å². The molecule has 1 saturated carbocycles. The highest BCUT2D eigenvalue weighted by Gasteiger charge is 2.25. The Morgan fingerprint density at radius 3 is 2.85 bits per heavy atom. The van der Waals surface area contributed by atoms with E-state index >= 15 is 0 Å². The van der Waals surface area contributed by atoms with E-state index in [1.807, 2.05) is 35.9 Å². The van der Waals surface area contributed by atoms with Gasteiger partial charge in [-0.25, -0.2) is 4.68 Å². The monoisotopic (exact) mass is 452 g/mol. The van der Waals surface area contributed by atoms with Crippen LogP contribution in [-0.4, -0.2) is 56.0 Å². The lowest BCUT2D eigenvalue weighted by Gasteiger charge is -2.25. The number of ether oxygens (including phenoxy) is 2. The van der Waals surface area contributed by atoms with Crippen LogP contribution in [0.3, 0.4) is 0 Å². The zero-order chi connectivity index (χ0) is 22.6. The van der Waals surface area contributed by atoms with Crippen LogP contribution < -0.4 is 10.3 Å². The number of aromatic amines is 1. The molecule has 3 heterocycles. The summed E-state index contributed by atoms with van der Waals surface area (Å²) in [5.74, 6) is 1.66. The Kier molecular flexibility index (Phi) is 6.68. The fourth-order valence-corrected chi connectivity index (χ4v) is 5.05. The Morgan fingerprint density at radius 1 is 1.18 bits per heavy atom. The third-order valence-electron chi connectivity index (χ3n) is 6.68. The van der Waals surface area contributed by atoms with E-state index in [9.17, 15) is 4.79 Å². The first-order valence-corrected chi connectivity index (χ1v) is 12.1. The maximum atomic E-state index is 12.9. The van der Waals surface area contributed by atoms with Crippen LogP contribution in [0.1, 0.15) is 62.9 Å². The van der Waals surface area contributed by atoms with Gasteiger partial charge < -0.3 is 14.5 Å².